The summed E-state index contributed by atoms with van der Waals surface area (Å²) >= 11 is 1.17. The molecule has 1 aliphatic rings. The summed E-state index contributed by atoms with van der Waals surface area (Å²) in [5.41, 5.74) is 0.272. The fourth-order valence-corrected chi connectivity index (χ4v) is 4.08. The van der Waals surface area contributed by atoms with E-state index in [1.165, 1.54) is 56.7 Å². The Labute approximate surface area is 132 Å². The van der Waals surface area contributed by atoms with Crippen LogP contribution < -0.4 is 0 Å². The van der Waals surface area contributed by atoms with Gasteiger partial charge in [0.15, 0.2) is 0 Å². The van der Waals surface area contributed by atoms with E-state index in [4.69, 9.17) is 0 Å². The lowest BCUT2D eigenvalue weighted by Crippen LogP contribution is -2.22. The number of hydrogen-bond donors (Lipinski definition) is 1. The van der Waals surface area contributed by atoms with Crippen molar-refractivity contribution in [2.45, 2.75) is 76.4 Å². The van der Waals surface area contributed by atoms with Crippen LogP contribution in [0.4, 0.5) is 0 Å². The van der Waals surface area contributed by atoms with Crippen molar-refractivity contribution in [2.24, 2.45) is 5.92 Å². The summed E-state index contributed by atoms with van der Waals surface area (Å²) in [5.74, 6) is -1.57. The molecule has 0 amide bonds. The molecule has 0 saturated carbocycles. The topological polar surface area (TPSA) is 54.4 Å². The molecular weight excluding hydrogens is 284 g/mol. The van der Waals surface area contributed by atoms with E-state index in [-0.39, 0.29) is 15.9 Å². The van der Waals surface area contributed by atoms with Crippen molar-refractivity contribution in [3.63, 3.8) is 0 Å². The lowest BCUT2D eigenvalue weighted by atomic mass is 9.94. The Kier molecular flexibility index (Phi) is 8.74. The monoisotopic (exact) mass is 312 g/mol. The van der Waals surface area contributed by atoms with Gasteiger partial charge in [0.05, 0.1) is 5.92 Å². The van der Waals surface area contributed by atoms with Crippen LogP contribution in [0.2, 0.25) is 0 Å². The minimum absolute atomic E-state index is 0.105. The van der Waals surface area contributed by atoms with Gasteiger partial charge in [-0.25, -0.2) is 0 Å². The molecule has 4 heteroatoms. The van der Waals surface area contributed by atoms with Crippen LogP contribution in [0.1, 0.15) is 71.1 Å². The SMILES string of the molecule is C=C1C(=O)S[C@H](CCCCCCCCCCC)[C@H]1C(=O)O. The molecule has 1 N–H and O–H groups in total. The highest BCUT2D eigenvalue weighted by molar-refractivity contribution is 8.15. The summed E-state index contributed by atoms with van der Waals surface area (Å²) < 4.78 is 0. The first kappa shape index (κ1) is 18.3. The van der Waals surface area contributed by atoms with E-state index in [0.717, 1.165) is 19.3 Å². The molecule has 3 nitrogen and oxygen atoms in total. The van der Waals surface area contributed by atoms with Gasteiger partial charge in [-0.05, 0) is 6.42 Å². The molecule has 0 aromatic rings. The first-order valence-corrected chi connectivity index (χ1v) is 9.08. The van der Waals surface area contributed by atoms with Gasteiger partial charge in [0.2, 0.25) is 5.12 Å². The Morgan fingerprint density at radius 3 is 2.14 bits per heavy atom. The van der Waals surface area contributed by atoms with Crippen LogP contribution in [0.3, 0.4) is 0 Å². The second-order valence-corrected chi connectivity index (χ2v) is 7.11. The molecule has 0 aromatic carbocycles. The van der Waals surface area contributed by atoms with Crippen LogP contribution in [-0.2, 0) is 9.59 Å². The van der Waals surface area contributed by atoms with Gasteiger partial charge in [0.1, 0.15) is 0 Å². The zero-order chi connectivity index (χ0) is 15.7. The zero-order valence-corrected chi connectivity index (χ0v) is 13.9. The minimum Gasteiger partial charge on any atom is -0.481 e. The number of carboxylic acid groups (broad SMARTS) is 1. The third-order valence-corrected chi connectivity index (χ3v) is 5.41. The molecule has 2 atom stereocenters. The number of carboxylic acids is 1. The maximum absolute atomic E-state index is 11.6. The number of hydrogen-bond acceptors (Lipinski definition) is 3. The predicted octanol–water partition coefficient (Wildman–Crippen LogP) is 4.81. The number of unbranched alkanes of at least 4 members (excludes halogenated alkanes) is 8. The summed E-state index contributed by atoms with van der Waals surface area (Å²) in [4.78, 5) is 22.8. The number of carbonyl (C=O) groups excluding carboxylic acids is 1. The lowest BCUT2D eigenvalue weighted by molar-refractivity contribution is -0.140. The van der Waals surface area contributed by atoms with E-state index in [0.29, 0.717) is 0 Å². The maximum atomic E-state index is 11.6. The summed E-state index contributed by atoms with van der Waals surface area (Å²) in [6.45, 7) is 5.86. The van der Waals surface area contributed by atoms with Gasteiger partial charge < -0.3 is 5.11 Å². The molecule has 1 rings (SSSR count). The number of carbonyl (C=O) groups is 2. The van der Waals surface area contributed by atoms with Crippen molar-refractivity contribution < 1.29 is 14.7 Å². The third kappa shape index (κ3) is 6.25. The second-order valence-electron chi connectivity index (χ2n) is 5.90. The molecule has 1 aliphatic heterocycles. The average Bonchev–Trinajstić information content (AvgIpc) is 2.72. The van der Waals surface area contributed by atoms with E-state index in [2.05, 4.69) is 13.5 Å². The fraction of sp³-hybridized carbons (Fsp3) is 0.765. The molecule has 1 fully saturated rings. The number of rotatable bonds is 11. The van der Waals surface area contributed by atoms with Crippen molar-refractivity contribution >= 4 is 22.8 Å². The Morgan fingerprint density at radius 1 is 1.10 bits per heavy atom. The van der Waals surface area contributed by atoms with Gasteiger partial charge >= 0.3 is 5.97 Å². The fourth-order valence-electron chi connectivity index (χ4n) is 2.82. The Balaban J connectivity index is 2.11. The molecule has 0 radical (unpaired) electrons. The van der Waals surface area contributed by atoms with Crippen molar-refractivity contribution in [3.8, 4) is 0 Å². The van der Waals surface area contributed by atoms with E-state index >= 15 is 0 Å². The van der Waals surface area contributed by atoms with Gasteiger partial charge in [-0.3, -0.25) is 9.59 Å². The van der Waals surface area contributed by atoms with Crippen molar-refractivity contribution in [2.75, 3.05) is 0 Å². The second kappa shape index (κ2) is 10.0. The van der Waals surface area contributed by atoms with Crippen LogP contribution in [-0.4, -0.2) is 21.4 Å². The Morgan fingerprint density at radius 2 is 1.62 bits per heavy atom. The molecule has 21 heavy (non-hydrogen) atoms. The Bertz CT molecular complexity index is 365. The highest BCUT2D eigenvalue weighted by Gasteiger charge is 2.41. The van der Waals surface area contributed by atoms with E-state index in [1.54, 1.807) is 0 Å². The zero-order valence-electron chi connectivity index (χ0n) is 13.1. The normalized spacial score (nSPS) is 22.0. The highest BCUT2D eigenvalue weighted by Crippen LogP contribution is 2.40. The molecule has 0 aliphatic carbocycles. The maximum Gasteiger partial charge on any atom is 0.312 e. The quantitative estimate of drug-likeness (QED) is 0.439. The van der Waals surface area contributed by atoms with Gasteiger partial charge in [-0.15, -0.1) is 0 Å². The van der Waals surface area contributed by atoms with Crippen LogP contribution in [0.25, 0.3) is 0 Å². The highest BCUT2D eigenvalue weighted by atomic mass is 32.2. The first-order valence-electron chi connectivity index (χ1n) is 8.20. The third-order valence-electron chi connectivity index (χ3n) is 4.13. The molecule has 0 bridgehead atoms. The lowest BCUT2D eigenvalue weighted by Gasteiger charge is -2.13. The van der Waals surface area contributed by atoms with Crippen LogP contribution >= 0.6 is 11.8 Å². The molecule has 0 spiro atoms. The van der Waals surface area contributed by atoms with Gasteiger partial charge in [0, 0.05) is 10.8 Å². The standard InChI is InChI=1S/C17H28O3S/c1-3-4-5-6-7-8-9-10-11-12-14-15(16(18)19)13(2)17(20)21-14/h14-15H,2-12H2,1H3,(H,18,19)/t14-,15+/m1/s1. The van der Waals surface area contributed by atoms with Crippen molar-refractivity contribution in [1.29, 1.82) is 0 Å². The summed E-state index contributed by atoms with van der Waals surface area (Å²) in [7, 11) is 0. The van der Waals surface area contributed by atoms with E-state index < -0.39 is 11.9 Å². The summed E-state index contributed by atoms with van der Waals surface area (Å²) in [6.07, 6.45) is 12.1. The van der Waals surface area contributed by atoms with Crippen molar-refractivity contribution in [1.82, 2.24) is 0 Å². The summed E-state index contributed by atoms with van der Waals surface area (Å²) in [5, 5.41) is 8.95. The van der Waals surface area contributed by atoms with Gasteiger partial charge in [-0.2, -0.15) is 0 Å². The van der Waals surface area contributed by atoms with Crippen LogP contribution in [0.15, 0.2) is 12.2 Å². The Hall–Kier alpha value is -0.770. The minimum atomic E-state index is -0.903. The molecule has 1 saturated heterocycles. The molecule has 120 valence electrons. The molecule has 1 heterocycles. The smallest absolute Gasteiger partial charge is 0.312 e. The van der Waals surface area contributed by atoms with E-state index in [9.17, 15) is 14.7 Å². The molecular formula is C17H28O3S. The van der Waals surface area contributed by atoms with E-state index in [1.807, 2.05) is 0 Å². The average molecular weight is 312 g/mol. The largest absolute Gasteiger partial charge is 0.481 e. The van der Waals surface area contributed by atoms with Gasteiger partial charge in [-0.1, -0.05) is 83.1 Å². The van der Waals surface area contributed by atoms with Crippen LogP contribution in [0.5, 0.6) is 0 Å². The number of aliphatic carboxylic acids is 1. The summed E-state index contributed by atoms with van der Waals surface area (Å²) in [6, 6.07) is 0. The first-order chi connectivity index (χ1) is 10.1. The number of thioether (sulfide) groups is 1. The van der Waals surface area contributed by atoms with Crippen molar-refractivity contribution in [3.05, 3.63) is 12.2 Å². The van der Waals surface area contributed by atoms with Gasteiger partial charge in [0.25, 0.3) is 0 Å². The van der Waals surface area contributed by atoms with Crippen LogP contribution in [0, 0.1) is 5.92 Å². The predicted molar refractivity (Wildman–Crippen MR) is 88.5 cm³/mol. The molecule has 0 unspecified atom stereocenters. The molecule has 0 aromatic heterocycles.